The monoisotopic (exact) mass is 408 g/mol. The average Bonchev–Trinajstić information content (AvgIpc) is 3.11. The Morgan fingerprint density at radius 2 is 1.86 bits per heavy atom. The molecule has 3 rings (SSSR count). The summed E-state index contributed by atoms with van der Waals surface area (Å²) in [7, 11) is 1.30. The van der Waals surface area contributed by atoms with Crippen molar-refractivity contribution in [3.8, 4) is 11.4 Å². The minimum absolute atomic E-state index is 0.0684. The van der Waals surface area contributed by atoms with Gasteiger partial charge in [-0.1, -0.05) is 13.8 Å². The highest BCUT2D eigenvalue weighted by Gasteiger charge is 2.31. The summed E-state index contributed by atoms with van der Waals surface area (Å²) in [5, 5.41) is 16.8. The van der Waals surface area contributed by atoms with Gasteiger partial charge in [-0.15, -0.1) is 5.10 Å². The second kappa shape index (κ2) is 9.42. The number of rotatable bonds is 5. The summed E-state index contributed by atoms with van der Waals surface area (Å²) >= 11 is 0. The number of ether oxygens (including phenoxy) is 1. The zero-order chi connectivity index (χ0) is 21.6. The largest absolute Gasteiger partial charge is 0.497 e. The molecule has 0 aliphatic rings. The van der Waals surface area contributed by atoms with Gasteiger partial charge < -0.3 is 15.2 Å². The molecule has 156 valence electrons. The normalized spacial score (nSPS) is 10.9. The zero-order valence-corrected chi connectivity index (χ0v) is 16.6. The lowest BCUT2D eigenvalue weighted by molar-refractivity contribution is -0.137. The van der Waals surface area contributed by atoms with E-state index in [9.17, 15) is 18.3 Å². The van der Waals surface area contributed by atoms with E-state index in [2.05, 4.69) is 15.4 Å². The molecule has 2 N–H and O–H groups in total. The molecule has 29 heavy (non-hydrogen) atoms. The number of methoxy groups -OCH3 is 1. The van der Waals surface area contributed by atoms with E-state index < -0.39 is 11.7 Å². The van der Waals surface area contributed by atoms with E-state index >= 15 is 0 Å². The number of nitrogens with zero attached hydrogens (tertiary/aromatic N) is 3. The second-order valence-corrected chi connectivity index (χ2v) is 5.82. The Morgan fingerprint density at radius 3 is 2.45 bits per heavy atom. The second-order valence-electron chi connectivity index (χ2n) is 5.82. The van der Waals surface area contributed by atoms with E-state index in [1.165, 1.54) is 17.9 Å². The topological polar surface area (TPSA) is 72.2 Å². The van der Waals surface area contributed by atoms with E-state index in [1.807, 2.05) is 20.8 Å². The van der Waals surface area contributed by atoms with Gasteiger partial charge in [-0.2, -0.15) is 13.2 Å². The van der Waals surface area contributed by atoms with Crippen LogP contribution >= 0.6 is 0 Å². The van der Waals surface area contributed by atoms with Crippen LogP contribution in [-0.4, -0.2) is 27.0 Å². The Kier molecular flexibility index (Phi) is 7.22. The summed E-state index contributed by atoms with van der Waals surface area (Å²) in [6.07, 6.45) is -2.90. The maximum Gasteiger partial charge on any atom is 0.416 e. The third-order valence-corrected chi connectivity index (χ3v) is 3.81. The standard InChI is InChI=1S/C18H17F3N4O2.C2H6/c1-11-5-14(3-4-22-11)25-15(10-26)9-17(24-25)23-13-6-12(18(19,20)21)7-16(8-13)27-2;1-2/h3-9,26H,10H2,1-2H3,(H,23,24);1-2H3. The Bertz CT molecular complexity index is 955. The molecule has 1 aromatic carbocycles. The van der Waals surface area contributed by atoms with E-state index in [0.29, 0.717) is 11.4 Å². The molecule has 0 unspecified atom stereocenters. The predicted molar refractivity (Wildman–Crippen MR) is 105 cm³/mol. The quantitative estimate of drug-likeness (QED) is 0.631. The number of aliphatic hydroxyl groups is 1. The first-order valence-corrected chi connectivity index (χ1v) is 8.96. The molecular weight excluding hydrogens is 385 g/mol. The van der Waals surface area contributed by atoms with E-state index in [4.69, 9.17) is 4.74 Å². The van der Waals surface area contributed by atoms with Crippen molar-refractivity contribution in [3.63, 3.8) is 0 Å². The summed E-state index contributed by atoms with van der Waals surface area (Å²) in [4.78, 5) is 4.11. The minimum atomic E-state index is -4.50. The minimum Gasteiger partial charge on any atom is -0.497 e. The van der Waals surface area contributed by atoms with E-state index in [0.717, 1.165) is 17.8 Å². The smallest absolute Gasteiger partial charge is 0.416 e. The van der Waals surface area contributed by atoms with Crippen LogP contribution in [0.3, 0.4) is 0 Å². The molecule has 0 atom stereocenters. The van der Waals surface area contributed by atoms with Crippen LogP contribution in [0.1, 0.15) is 30.8 Å². The SMILES string of the molecule is CC.COc1cc(Nc2cc(CO)n(-c3ccnc(C)c3)n2)cc(C(F)(F)F)c1. The molecule has 0 spiro atoms. The summed E-state index contributed by atoms with van der Waals surface area (Å²) < 4.78 is 45.6. The summed E-state index contributed by atoms with van der Waals surface area (Å²) in [5.41, 5.74) is 1.25. The lowest BCUT2D eigenvalue weighted by Crippen LogP contribution is -2.06. The van der Waals surface area contributed by atoms with Gasteiger partial charge in [0, 0.05) is 29.7 Å². The lowest BCUT2D eigenvalue weighted by Gasteiger charge is -2.12. The summed E-state index contributed by atoms with van der Waals surface area (Å²) in [6.45, 7) is 5.53. The zero-order valence-electron chi connectivity index (χ0n) is 16.6. The van der Waals surface area contributed by atoms with Gasteiger partial charge in [0.15, 0.2) is 5.82 Å². The van der Waals surface area contributed by atoms with Gasteiger partial charge in [0.05, 0.1) is 30.7 Å². The predicted octanol–water partition coefficient (Wildman–Crippen LogP) is 4.87. The van der Waals surface area contributed by atoms with Crippen molar-refractivity contribution in [2.45, 2.75) is 33.6 Å². The highest BCUT2D eigenvalue weighted by Crippen LogP contribution is 2.35. The van der Waals surface area contributed by atoms with Crippen molar-refractivity contribution < 1.29 is 23.0 Å². The van der Waals surface area contributed by atoms with Gasteiger partial charge in [-0.25, -0.2) is 4.68 Å². The third-order valence-electron chi connectivity index (χ3n) is 3.81. The molecule has 6 nitrogen and oxygen atoms in total. The third kappa shape index (κ3) is 5.47. The van der Waals surface area contributed by atoms with E-state index in [1.54, 1.807) is 24.4 Å². The fourth-order valence-corrected chi connectivity index (χ4v) is 2.58. The number of hydrogen-bond acceptors (Lipinski definition) is 5. The molecule has 0 aliphatic heterocycles. The van der Waals surface area contributed by atoms with Crippen LogP contribution in [0, 0.1) is 6.92 Å². The summed E-state index contributed by atoms with van der Waals surface area (Å²) in [5.74, 6) is 0.355. The maximum atomic E-state index is 13.1. The Balaban J connectivity index is 0.00000145. The first kappa shape index (κ1) is 22.2. The van der Waals surface area contributed by atoms with Gasteiger partial charge in [0.25, 0.3) is 0 Å². The van der Waals surface area contributed by atoms with Crippen molar-refractivity contribution in [2.75, 3.05) is 12.4 Å². The lowest BCUT2D eigenvalue weighted by atomic mass is 10.2. The molecule has 0 saturated carbocycles. The highest BCUT2D eigenvalue weighted by atomic mass is 19.4. The Morgan fingerprint density at radius 1 is 1.14 bits per heavy atom. The van der Waals surface area contributed by atoms with Gasteiger partial charge in [-0.3, -0.25) is 4.98 Å². The average molecular weight is 408 g/mol. The van der Waals surface area contributed by atoms with Gasteiger partial charge in [0.1, 0.15) is 5.75 Å². The molecule has 3 aromatic rings. The van der Waals surface area contributed by atoms with Crippen LogP contribution in [-0.2, 0) is 12.8 Å². The number of aliphatic hydroxyl groups excluding tert-OH is 1. The first-order valence-electron chi connectivity index (χ1n) is 8.96. The number of aromatic nitrogens is 3. The van der Waals surface area contributed by atoms with Crippen molar-refractivity contribution in [1.82, 2.24) is 14.8 Å². The Hall–Kier alpha value is -3.07. The van der Waals surface area contributed by atoms with Crippen molar-refractivity contribution in [1.29, 1.82) is 0 Å². The molecule has 2 heterocycles. The molecule has 0 saturated heterocycles. The van der Waals surface area contributed by atoms with Crippen LogP contribution in [0.5, 0.6) is 5.75 Å². The number of benzene rings is 1. The molecule has 0 radical (unpaired) electrons. The number of alkyl halides is 3. The molecule has 0 fully saturated rings. The number of halogens is 3. The molecule has 0 amide bonds. The highest BCUT2D eigenvalue weighted by molar-refractivity contribution is 5.61. The maximum absolute atomic E-state index is 13.1. The molecule has 0 aliphatic carbocycles. The van der Waals surface area contributed by atoms with Gasteiger partial charge in [-0.05, 0) is 31.2 Å². The molecule has 0 bridgehead atoms. The number of hydrogen-bond donors (Lipinski definition) is 2. The molecular formula is C20H23F3N4O2. The number of pyridine rings is 1. The van der Waals surface area contributed by atoms with Crippen LogP contribution in [0.15, 0.2) is 42.6 Å². The van der Waals surface area contributed by atoms with Crippen LogP contribution in [0.4, 0.5) is 24.7 Å². The summed E-state index contributed by atoms with van der Waals surface area (Å²) in [6, 6.07) is 8.38. The van der Waals surface area contributed by atoms with Crippen molar-refractivity contribution in [3.05, 3.63) is 59.5 Å². The number of anilines is 2. The van der Waals surface area contributed by atoms with Crippen LogP contribution in [0.25, 0.3) is 5.69 Å². The molecule has 9 heteroatoms. The molecule has 2 aromatic heterocycles. The first-order chi connectivity index (χ1) is 13.8. The Labute approximate surface area is 167 Å². The van der Waals surface area contributed by atoms with Crippen molar-refractivity contribution in [2.24, 2.45) is 0 Å². The van der Waals surface area contributed by atoms with Gasteiger partial charge >= 0.3 is 6.18 Å². The fourth-order valence-electron chi connectivity index (χ4n) is 2.58. The van der Waals surface area contributed by atoms with E-state index in [-0.39, 0.29) is 23.9 Å². The van der Waals surface area contributed by atoms with Gasteiger partial charge in [0.2, 0.25) is 0 Å². The fraction of sp³-hybridized carbons (Fsp3) is 0.300. The number of nitrogens with one attached hydrogen (secondary N) is 1. The van der Waals surface area contributed by atoms with Crippen molar-refractivity contribution >= 4 is 11.5 Å². The van der Waals surface area contributed by atoms with Crippen LogP contribution < -0.4 is 10.1 Å². The number of aryl methyl sites for hydroxylation is 1. The van der Waals surface area contributed by atoms with Crippen LogP contribution in [0.2, 0.25) is 0 Å².